The van der Waals surface area contributed by atoms with E-state index in [-0.39, 0.29) is 6.29 Å². The quantitative estimate of drug-likeness (QED) is 0.293. The minimum atomic E-state index is -0.209. The van der Waals surface area contributed by atoms with Gasteiger partial charge in [0.2, 0.25) is 6.29 Å². The lowest BCUT2D eigenvalue weighted by molar-refractivity contribution is 0.510. The van der Waals surface area contributed by atoms with Crippen LogP contribution in [0.4, 0.5) is 0 Å². The Balaban J connectivity index is 1.47. The SMILES string of the molecule is Cc1cccc(C2=CC=NC(n3c4ccccc4c4c5sc6ccccc6c5ccc43)N2)c1. The summed E-state index contributed by atoms with van der Waals surface area (Å²) < 4.78 is 5.02. The first-order valence-corrected chi connectivity index (χ1v) is 12.0. The van der Waals surface area contributed by atoms with Gasteiger partial charge in [-0.15, -0.1) is 11.3 Å². The van der Waals surface area contributed by atoms with Crippen molar-refractivity contribution in [3.8, 4) is 0 Å². The van der Waals surface area contributed by atoms with Crippen LogP contribution in [0, 0.1) is 6.92 Å². The van der Waals surface area contributed by atoms with E-state index in [4.69, 9.17) is 4.99 Å². The molecule has 33 heavy (non-hydrogen) atoms. The van der Waals surface area contributed by atoms with Gasteiger partial charge in [0, 0.05) is 42.9 Å². The lowest BCUT2D eigenvalue weighted by Crippen LogP contribution is -2.26. The molecule has 1 aliphatic rings. The Morgan fingerprint density at radius 2 is 1.67 bits per heavy atom. The van der Waals surface area contributed by atoms with Crippen molar-refractivity contribution >= 4 is 65.2 Å². The van der Waals surface area contributed by atoms with Crippen molar-refractivity contribution in [3.63, 3.8) is 0 Å². The largest absolute Gasteiger partial charge is 0.346 e. The van der Waals surface area contributed by atoms with Gasteiger partial charge in [0.25, 0.3) is 0 Å². The van der Waals surface area contributed by atoms with Crippen LogP contribution >= 0.6 is 11.3 Å². The van der Waals surface area contributed by atoms with Crippen LogP contribution in [0.1, 0.15) is 17.4 Å². The number of hydrogen-bond donors (Lipinski definition) is 1. The van der Waals surface area contributed by atoms with E-state index in [1.807, 2.05) is 17.6 Å². The van der Waals surface area contributed by atoms with Gasteiger partial charge in [-0.25, -0.2) is 4.99 Å². The third-order valence-electron chi connectivity index (χ3n) is 6.54. The summed E-state index contributed by atoms with van der Waals surface area (Å²) in [5.41, 5.74) is 5.91. The molecule has 1 aliphatic heterocycles. The maximum absolute atomic E-state index is 4.85. The number of benzene rings is 4. The highest BCUT2D eigenvalue weighted by molar-refractivity contribution is 7.26. The topological polar surface area (TPSA) is 29.3 Å². The van der Waals surface area contributed by atoms with E-state index in [9.17, 15) is 0 Å². The van der Waals surface area contributed by atoms with Crippen LogP contribution in [-0.4, -0.2) is 10.8 Å². The summed E-state index contributed by atoms with van der Waals surface area (Å²) in [7, 11) is 0. The van der Waals surface area contributed by atoms with Crippen LogP contribution in [0.15, 0.2) is 96.0 Å². The van der Waals surface area contributed by atoms with Gasteiger partial charge < -0.3 is 9.88 Å². The van der Waals surface area contributed by atoms with E-state index in [1.165, 1.54) is 53.1 Å². The van der Waals surface area contributed by atoms with Crippen LogP contribution in [-0.2, 0) is 0 Å². The molecule has 0 spiro atoms. The van der Waals surface area contributed by atoms with Gasteiger partial charge in [0.1, 0.15) is 0 Å². The predicted molar refractivity (Wildman–Crippen MR) is 142 cm³/mol. The molecule has 1 unspecified atom stereocenters. The van der Waals surface area contributed by atoms with E-state index >= 15 is 0 Å². The van der Waals surface area contributed by atoms with Gasteiger partial charge in [0.05, 0.1) is 11.0 Å². The zero-order chi connectivity index (χ0) is 21.9. The van der Waals surface area contributed by atoms with Gasteiger partial charge in [-0.05, 0) is 42.8 Å². The molecule has 0 bridgehead atoms. The predicted octanol–water partition coefficient (Wildman–Crippen LogP) is 7.64. The summed E-state index contributed by atoms with van der Waals surface area (Å²) in [6, 6.07) is 30.5. The molecule has 0 saturated heterocycles. The van der Waals surface area contributed by atoms with Crippen LogP contribution in [0.5, 0.6) is 0 Å². The molecule has 158 valence electrons. The first-order valence-electron chi connectivity index (χ1n) is 11.2. The molecule has 0 radical (unpaired) electrons. The standard InChI is InChI=1S/C29H21N3S/c1-18-7-6-8-19(17-18)23-15-16-30-29(31-23)32-24-11-4-2-10-22(24)27-25(32)14-13-21-20-9-3-5-12-26(20)33-28(21)27/h2-17,29,31H,1H3. The van der Waals surface area contributed by atoms with E-state index in [2.05, 4.69) is 108 Å². The first kappa shape index (κ1) is 18.7. The molecule has 1 atom stereocenters. The second-order valence-corrected chi connectivity index (χ2v) is 9.64. The minimum absolute atomic E-state index is 0.209. The fourth-order valence-electron chi connectivity index (χ4n) is 5.07. The molecular formula is C29H21N3S. The van der Waals surface area contributed by atoms with Crippen molar-refractivity contribution in [1.82, 2.24) is 9.88 Å². The maximum Gasteiger partial charge on any atom is 0.200 e. The summed E-state index contributed by atoms with van der Waals surface area (Å²) in [6.07, 6.45) is 3.78. The Labute approximate surface area is 195 Å². The van der Waals surface area contributed by atoms with E-state index in [0.717, 1.165) is 5.70 Å². The Hall–Kier alpha value is -3.89. The third-order valence-corrected chi connectivity index (χ3v) is 7.75. The number of hydrogen-bond acceptors (Lipinski definition) is 3. The Kier molecular flexibility index (Phi) is 3.99. The van der Waals surface area contributed by atoms with Gasteiger partial charge in [-0.3, -0.25) is 0 Å². The molecular weight excluding hydrogens is 422 g/mol. The first-order chi connectivity index (χ1) is 16.3. The number of aromatic nitrogens is 1. The monoisotopic (exact) mass is 443 g/mol. The van der Waals surface area contributed by atoms with E-state index in [1.54, 1.807) is 0 Å². The summed E-state index contributed by atoms with van der Waals surface area (Å²) in [6.45, 7) is 2.13. The molecule has 0 aliphatic carbocycles. The van der Waals surface area contributed by atoms with Crippen molar-refractivity contribution in [2.45, 2.75) is 13.2 Å². The number of thiophene rings is 1. The number of allylic oxidation sites excluding steroid dienone is 1. The summed E-state index contributed by atoms with van der Waals surface area (Å²) in [5.74, 6) is 0. The van der Waals surface area contributed by atoms with Gasteiger partial charge >= 0.3 is 0 Å². The lowest BCUT2D eigenvalue weighted by Gasteiger charge is -2.24. The maximum atomic E-state index is 4.85. The van der Waals surface area contributed by atoms with Gasteiger partial charge in [0.15, 0.2) is 0 Å². The highest BCUT2D eigenvalue weighted by Crippen LogP contribution is 2.43. The number of nitrogens with zero attached hydrogens (tertiary/aromatic N) is 2. The molecule has 0 amide bonds. The molecule has 3 heterocycles. The molecule has 0 saturated carbocycles. The Bertz CT molecular complexity index is 1770. The molecule has 3 nitrogen and oxygen atoms in total. The highest BCUT2D eigenvalue weighted by Gasteiger charge is 2.22. The van der Waals surface area contributed by atoms with Crippen LogP contribution in [0.2, 0.25) is 0 Å². The molecule has 4 aromatic carbocycles. The number of fused-ring (bicyclic) bond motifs is 7. The lowest BCUT2D eigenvalue weighted by atomic mass is 10.1. The number of nitrogens with one attached hydrogen (secondary N) is 1. The summed E-state index contributed by atoms with van der Waals surface area (Å²) in [5, 5.41) is 8.93. The van der Waals surface area contributed by atoms with Crippen molar-refractivity contribution in [2.24, 2.45) is 4.99 Å². The molecule has 2 aromatic heterocycles. The average molecular weight is 444 g/mol. The number of rotatable bonds is 2. The van der Waals surface area contributed by atoms with Crippen LogP contribution in [0.3, 0.4) is 0 Å². The molecule has 1 N–H and O–H groups in total. The molecule has 7 rings (SSSR count). The minimum Gasteiger partial charge on any atom is -0.346 e. The van der Waals surface area contributed by atoms with Crippen molar-refractivity contribution in [1.29, 1.82) is 0 Å². The molecule has 6 aromatic rings. The average Bonchev–Trinajstić information content (AvgIpc) is 3.40. The number of aliphatic imine (C=N–C) groups is 1. The van der Waals surface area contributed by atoms with Gasteiger partial charge in [-0.2, -0.15) is 0 Å². The van der Waals surface area contributed by atoms with Crippen LogP contribution in [0.25, 0.3) is 47.7 Å². The fourth-order valence-corrected chi connectivity index (χ4v) is 6.33. The van der Waals surface area contributed by atoms with Crippen molar-refractivity contribution in [3.05, 3.63) is 102 Å². The third kappa shape index (κ3) is 2.77. The zero-order valence-electron chi connectivity index (χ0n) is 18.1. The van der Waals surface area contributed by atoms with Crippen LogP contribution < -0.4 is 5.32 Å². The number of para-hydroxylation sites is 1. The normalized spacial score (nSPS) is 16.0. The van der Waals surface area contributed by atoms with Crippen molar-refractivity contribution < 1.29 is 0 Å². The van der Waals surface area contributed by atoms with E-state index in [0.29, 0.717) is 0 Å². The molecule has 4 heteroatoms. The fraction of sp³-hybridized carbons (Fsp3) is 0.0690. The molecule has 0 fully saturated rings. The zero-order valence-corrected chi connectivity index (χ0v) is 18.9. The second kappa shape index (κ2) is 7.06. The Morgan fingerprint density at radius 1 is 0.818 bits per heavy atom. The highest BCUT2D eigenvalue weighted by atomic mass is 32.1. The summed E-state index contributed by atoms with van der Waals surface area (Å²) >= 11 is 1.88. The second-order valence-electron chi connectivity index (χ2n) is 8.59. The smallest absolute Gasteiger partial charge is 0.200 e. The van der Waals surface area contributed by atoms with Gasteiger partial charge in [-0.1, -0.05) is 66.2 Å². The van der Waals surface area contributed by atoms with Crippen molar-refractivity contribution in [2.75, 3.05) is 0 Å². The Morgan fingerprint density at radius 3 is 2.58 bits per heavy atom. The van der Waals surface area contributed by atoms with E-state index < -0.39 is 0 Å². The number of aryl methyl sites for hydroxylation is 1. The summed E-state index contributed by atoms with van der Waals surface area (Å²) in [4.78, 5) is 4.85.